The van der Waals surface area contributed by atoms with Gasteiger partial charge in [-0.25, -0.2) is 4.98 Å². The summed E-state index contributed by atoms with van der Waals surface area (Å²) in [4.78, 5) is 17.0. The molecule has 1 saturated carbocycles. The van der Waals surface area contributed by atoms with Gasteiger partial charge in [-0.1, -0.05) is 32.0 Å². The zero-order valence-corrected chi connectivity index (χ0v) is 15.5. The number of hydrogen-bond donors (Lipinski definition) is 2. The molecule has 5 heteroatoms. The van der Waals surface area contributed by atoms with Crippen molar-refractivity contribution in [2.45, 2.75) is 44.8 Å². The molecule has 0 saturated heterocycles. The van der Waals surface area contributed by atoms with Crippen molar-refractivity contribution in [1.82, 2.24) is 10.3 Å². The number of aromatic nitrogens is 1. The number of nitrogens with zero attached hydrogens (tertiary/aromatic N) is 1. The van der Waals surface area contributed by atoms with Crippen LogP contribution in [0.2, 0.25) is 0 Å². The van der Waals surface area contributed by atoms with Gasteiger partial charge in [0.1, 0.15) is 0 Å². The van der Waals surface area contributed by atoms with E-state index in [0.717, 1.165) is 5.56 Å². The van der Waals surface area contributed by atoms with Gasteiger partial charge in [-0.05, 0) is 47.9 Å². The normalized spacial score (nSPS) is 20.3. The molecule has 1 amide bonds. The first-order chi connectivity index (χ1) is 12.5. The van der Waals surface area contributed by atoms with E-state index in [-0.39, 0.29) is 24.0 Å². The number of ether oxygens (including phenoxy) is 1. The monoisotopic (exact) mass is 354 g/mol. The largest absolute Gasteiger partial charge is 0.481 e. The average Bonchev–Trinajstić information content (AvgIpc) is 2.64. The zero-order chi connectivity index (χ0) is 18.7. The number of hydrogen-bond acceptors (Lipinski definition) is 4. The smallest absolute Gasteiger partial charge is 0.251 e. The SMILES string of the molecule is COc1ccc([C@H](NC(=O)c2ccc(C(C)C)cc2)C2CC(O)C2)cn1. The van der Waals surface area contributed by atoms with Gasteiger partial charge in [0.05, 0.1) is 19.3 Å². The molecule has 2 N–H and O–H groups in total. The van der Waals surface area contributed by atoms with Gasteiger partial charge in [0.15, 0.2) is 0 Å². The lowest BCUT2D eigenvalue weighted by Gasteiger charge is -2.38. The lowest BCUT2D eigenvalue weighted by molar-refractivity contribution is 0.0234. The molecule has 2 aromatic rings. The first-order valence-corrected chi connectivity index (χ1v) is 9.06. The first-order valence-electron chi connectivity index (χ1n) is 9.06. The number of methoxy groups -OCH3 is 1. The highest BCUT2D eigenvalue weighted by Gasteiger charge is 2.36. The fraction of sp³-hybridized carbons (Fsp3) is 0.429. The van der Waals surface area contributed by atoms with E-state index >= 15 is 0 Å². The van der Waals surface area contributed by atoms with E-state index in [2.05, 4.69) is 24.1 Å². The molecule has 0 spiro atoms. The Balaban J connectivity index is 1.77. The van der Waals surface area contributed by atoms with Crippen LogP contribution in [0.3, 0.4) is 0 Å². The molecule has 1 aromatic heterocycles. The molecule has 1 aliphatic rings. The third kappa shape index (κ3) is 4.05. The minimum absolute atomic E-state index is 0.109. The van der Waals surface area contributed by atoms with Gasteiger partial charge < -0.3 is 15.2 Å². The van der Waals surface area contributed by atoms with Crippen LogP contribution >= 0.6 is 0 Å². The predicted molar refractivity (Wildman–Crippen MR) is 100 cm³/mol. The van der Waals surface area contributed by atoms with Crippen LogP contribution in [0.5, 0.6) is 5.88 Å². The molecule has 0 aliphatic heterocycles. The number of rotatable bonds is 6. The van der Waals surface area contributed by atoms with Crippen molar-refractivity contribution in [2.75, 3.05) is 7.11 Å². The van der Waals surface area contributed by atoms with Crippen molar-refractivity contribution >= 4 is 5.91 Å². The number of carbonyl (C=O) groups excluding carboxylic acids is 1. The topological polar surface area (TPSA) is 71.5 Å². The van der Waals surface area contributed by atoms with Crippen molar-refractivity contribution in [3.05, 3.63) is 59.3 Å². The van der Waals surface area contributed by atoms with E-state index < -0.39 is 0 Å². The van der Waals surface area contributed by atoms with Gasteiger partial charge in [0, 0.05) is 17.8 Å². The summed E-state index contributed by atoms with van der Waals surface area (Å²) in [6.07, 6.45) is 2.82. The Bertz CT molecular complexity index is 735. The van der Waals surface area contributed by atoms with Gasteiger partial charge in [0.2, 0.25) is 5.88 Å². The van der Waals surface area contributed by atoms with Crippen LogP contribution in [0.1, 0.15) is 60.1 Å². The van der Waals surface area contributed by atoms with E-state index in [1.54, 1.807) is 19.4 Å². The maximum atomic E-state index is 12.7. The quantitative estimate of drug-likeness (QED) is 0.833. The Morgan fingerprint density at radius 1 is 1.15 bits per heavy atom. The van der Waals surface area contributed by atoms with Crippen molar-refractivity contribution in [3.8, 4) is 5.88 Å². The third-order valence-electron chi connectivity index (χ3n) is 5.07. The Labute approximate surface area is 154 Å². The second-order valence-corrected chi connectivity index (χ2v) is 7.25. The Hall–Kier alpha value is -2.40. The fourth-order valence-electron chi connectivity index (χ4n) is 3.32. The summed E-state index contributed by atoms with van der Waals surface area (Å²) in [5.41, 5.74) is 2.77. The molecule has 3 rings (SSSR count). The van der Waals surface area contributed by atoms with Crippen LogP contribution in [0, 0.1) is 5.92 Å². The highest BCUT2D eigenvalue weighted by molar-refractivity contribution is 5.94. The number of carbonyl (C=O) groups is 1. The molecule has 1 heterocycles. The lowest BCUT2D eigenvalue weighted by Crippen LogP contribution is -2.41. The van der Waals surface area contributed by atoms with E-state index in [9.17, 15) is 9.90 Å². The van der Waals surface area contributed by atoms with Crippen molar-refractivity contribution in [3.63, 3.8) is 0 Å². The van der Waals surface area contributed by atoms with Crippen LogP contribution in [-0.2, 0) is 0 Å². The van der Waals surface area contributed by atoms with Crippen molar-refractivity contribution < 1.29 is 14.6 Å². The van der Waals surface area contributed by atoms with Crippen LogP contribution in [0.4, 0.5) is 0 Å². The highest BCUT2D eigenvalue weighted by Crippen LogP contribution is 2.38. The van der Waals surface area contributed by atoms with Crippen LogP contribution in [0.15, 0.2) is 42.6 Å². The Morgan fingerprint density at radius 2 is 1.81 bits per heavy atom. The van der Waals surface area contributed by atoms with Crippen molar-refractivity contribution in [2.24, 2.45) is 5.92 Å². The second kappa shape index (κ2) is 7.87. The zero-order valence-electron chi connectivity index (χ0n) is 15.5. The first kappa shape index (κ1) is 18.4. The standard InChI is InChI=1S/C21H26N2O3/c1-13(2)14-4-6-15(7-5-14)21(25)23-20(17-10-18(24)11-17)16-8-9-19(26-3)22-12-16/h4-9,12-13,17-18,20,24H,10-11H2,1-3H3,(H,23,25)/t17?,18?,20-/m0/s1. The maximum Gasteiger partial charge on any atom is 0.251 e. The fourth-order valence-corrected chi connectivity index (χ4v) is 3.32. The second-order valence-electron chi connectivity index (χ2n) is 7.25. The molecule has 1 aromatic carbocycles. The molecular weight excluding hydrogens is 328 g/mol. The molecule has 1 aliphatic carbocycles. The molecule has 5 nitrogen and oxygen atoms in total. The average molecular weight is 354 g/mol. The molecule has 0 bridgehead atoms. The highest BCUT2D eigenvalue weighted by atomic mass is 16.5. The van der Waals surface area contributed by atoms with Crippen LogP contribution in [0.25, 0.3) is 0 Å². The molecule has 1 fully saturated rings. The summed E-state index contributed by atoms with van der Waals surface area (Å²) in [7, 11) is 1.57. The van der Waals surface area contributed by atoms with Crippen LogP contribution < -0.4 is 10.1 Å². The van der Waals surface area contributed by atoms with E-state index in [1.165, 1.54) is 5.56 Å². The van der Waals surface area contributed by atoms with Gasteiger partial charge in [-0.3, -0.25) is 4.79 Å². The Morgan fingerprint density at radius 3 is 2.31 bits per heavy atom. The molecule has 0 unspecified atom stereocenters. The minimum atomic E-state index is -0.282. The van der Waals surface area contributed by atoms with Gasteiger partial charge in [-0.2, -0.15) is 0 Å². The third-order valence-corrected chi connectivity index (χ3v) is 5.07. The number of benzene rings is 1. The lowest BCUT2D eigenvalue weighted by atomic mass is 9.75. The number of aliphatic hydroxyl groups is 1. The molecular formula is C21H26N2O3. The number of aliphatic hydroxyl groups excluding tert-OH is 1. The predicted octanol–water partition coefficient (Wildman–Crippen LogP) is 3.46. The molecule has 26 heavy (non-hydrogen) atoms. The van der Waals surface area contributed by atoms with Crippen molar-refractivity contribution in [1.29, 1.82) is 0 Å². The Kier molecular flexibility index (Phi) is 5.57. The van der Waals surface area contributed by atoms with E-state index in [1.807, 2.05) is 30.3 Å². The van der Waals surface area contributed by atoms with E-state index in [4.69, 9.17) is 4.74 Å². The van der Waals surface area contributed by atoms with Crippen LogP contribution in [-0.4, -0.2) is 29.2 Å². The minimum Gasteiger partial charge on any atom is -0.481 e. The molecule has 0 radical (unpaired) electrons. The van der Waals surface area contributed by atoms with Gasteiger partial charge in [0.25, 0.3) is 5.91 Å². The number of pyridine rings is 1. The summed E-state index contributed by atoms with van der Waals surface area (Å²) in [6.45, 7) is 4.26. The van der Waals surface area contributed by atoms with E-state index in [0.29, 0.717) is 30.2 Å². The number of amides is 1. The van der Waals surface area contributed by atoms with Gasteiger partial charge in [-0.15, -0.1) is 0 Å². The molecule has 1 atom stereocenters. The molecule has 138 valence electrons. The summed E-state index contributed by atoms with van der Waals surface area (Å²) >= 11 is 0. The summed E-state index contributed by atoms with van der Waals surface area (Å²) < 4.78 is 5.11. The number of nitrogens with one attached hydrogen (secondary N) is 1. The summed E-state index contributed by atoms with van der Waals surface area (Å²) in [5.74, 6) is 1.07. The maximum absolute atomic E-state index is 12.7. The van der Waals surface area contributed by atoms with Gasteiger partial charge >= 0.3 is 0 Å². The summed E-state index contributed by atoms with van der Waals surface area (Å²) in [5, 5.41) is 12.8. The summed E-state index contributed by atoms with van der Waals surface area (Å²) in [6, 6.07) is 11.3.